The fraction of sp³-hybridized carbons (Fsp3) is 0.650. The van der Waals surface area contributed by atoms with E-state index in [4.69, 9.17) is 4.74 Å². The highest BCUT2D eigenvalue weighted by Gasteiger charge is 1.96. The molecule has 2 nitrogen and oxygen atoms in total. The lowest BCUT2D eigenvalue weighted by molar-refractivity contribution is 0.304. The average Bonchev–Trinajstić information content (AvgIpc) is 2.54. The zero-order chi connectivity index (χ0) is 15.9. The van der Waals surface area contributed by atoms with Crippen LogP contribution in [0.2, 0.25) is 0 Å². The number of benzene rings is 1. The Balaban J connectivity index is 1.91. The summed E-state index contributed by atoms with van der Waals surface area (Å²) in [5.74, 6) is 0.894. The Morgan fingerprint density at radius 2 is 1.36 bits per heavy atom. The van der Waals surface area contributed by atoms with E-state index in [1.165, 1.54) is 57.8 Å². The molecule has 0 aliphatic carbocycles. The lowest BCUT2D eigenvalue weighted by Gasteiger charge is -2.06. The van der Waals surface area contributed by atoms with Gasteiger partial charge in [0, 0.05) is 6.42 Å². The first-order valence-electron chi connectivity index (χ1n) is 8.93. The number of hydrogen-bond acceptors (Lipinski definition) is 2. The van der Waals surface area contributed by atoms with Crippen LogP contribution >= 0.6 is 0 Å². The van der Waals surface area contributed by atoms with Crippen LogP contribution in [0.4, 0.5) is 0 Å². The van der Waals surface area contributed by atoms with Crippen molar-refractivity contribution in [3.8, 4) is 5.75 Å². The van der Waals surface area contributed by atoms with Crippen LogP contribution in [0, 0.1) is 0 Å². The molecule has 0 aliphatic heterocycles. The van der Waals surface area contributed by atoms with Gasteiger partial charge in [0.25, 0.3) is 0 Å². The summed E-state index contributed by atoms with van der Waals surface area (Å²) in [6.45, 7) is 3.05. The fourth-order valence-electron chi connectivity index (χ4n) is 2.57. The Morgan fingerprint density at radius 3 is 1.91 bits per heavy atom. The van der Waals surface area contributed by atoms with Crippen molar-refractivity contribution in [1.82, 2.24) is 0 Å². The highest BCUT2D eigenvalue weighted by Crippen LogP contribution is 2.14. The van der Waals surface area contributed by atoms with Crippen molar-refractivity contribution in [3.63, 3.8) is 0 Å². The predicted molar refractivity (Wildman–Crippen MR) is 93.2 cm³/mol. The van der Waals surface area contributed by atoms with E-state index in [2.05, 4.69) is 6.92 Å². The third-order valence-corrected chi connectivity index (χ3v) is 3.97. The molecule has 1 radical (unpaired) electrons. The van der Waals surface area contributed by atoms with Crippen LogP contribution in [0.1, 0.15) is 76.7 Å². The van der Waals surface area contributed by atoms with Crippen molar-refractivity contribution < 1.29 is 9.53 Å². The molecule has 0 N–H and O–H groups in total. The molecule has 0 amide bonds. The number of rotatable bonds is 14. The fourth-order valence-corrected chi connectivity index (χ4v) is 2.57. The molecule has 0 atom stereocenters. The van der Waals surface area contributed by atoms with Gasteiger partial charge in [-0.05, 0) is 24.1 Å². The number of ether oxygens (including phenoxy) is 1. The molecule has 0 heterocycles. The Bertz CT molecular complexity index is 370. The molecule has 0 aliphatic rings. The first kappa shape index (κ1) is 18.7. The molecule has 22 heavy (non-hydrogen) atoms. The summed E-state index contributed by atoms with van der Waals surface area (Å²) in [5, 5.41) is 0. The van der Waals surface area contributed by atoms with E-state index in [1.807, 2.05) is 30.6 Å². The van der Waals surface area contributed by atoms with Gasteiger partial charge in [-0.25, -0.2) is 0 Å². The molecule has 0 unspecified atom stereocenters. The van der Waals surface area contributed by atoms with Crippen LogP contribution in [0.25, 0.3) is 0 Å². The van der Waals surface area contributed by atoms with Crippen molar-refractivity contribution in [1.29, 1.82) is 0 Å². The maximum Gasteiger partial charge on any atom is 0.203 e. The maximum atomic E-state index is 10.3. The third-order valence-electron chi connectivity index (χ3n) is 3.97. The second-order valence-electron chi connectivity index (χ2n) is 6.00. The minimum Gasteiger partial charge on any atom is -0.494 e. The molecule has 0 bridgehead atoms. The van der Waals surface area contributed by atoms with Crippen LogP contribution in [-0.4, -0.2) is 12.9 Å². The van der Waals surface area contributed by atoms with Gasteiger partial charge in [-0.3, -0.25) is 4.79 Å². The van der Waals surface area contributed by atoms with Crippen molar-refractivity contribution >= 4 is 6.29 Å². The molecule has 0 fully saturated rings. The molecule has 1 aromatic rings. The van der Waals surface area contributed by atoms with Crippen LogP contribution < -0.4 is 4.74 Å². The Labute approximate surface area is 136 Å². The summed E-state index contributed by atoms with van der Waals surface area (Å²) in [4.78, 5) is 10.3. The van der Waals surface area contributed by atoms with Gasteiger partial charge in [0.05, 0.1) is 6.61 Å². The molecule has 0 spiro atoms. The van der Waals surface area contributed by atoms with Crippen molar-refractivity contribution in [3.05, 3.63) is 29.8 Å². The van der Waals surface area contributed by atoms with Gasteiger partial charge < -0.3 is 4.74 Å². The quantitative estimate of drug-likeness (QED) is 0.416. The number of carbonyl (C=O) groups excluding carboxylic acids is 1. The smallest absolute Gasteiger partial charge is 0.203 e. The van der Waals surface area contributed by atoms with E-state index in [9.17, 15) is 4.79 Å². The van der Waals surface area contributed by atoms with Crippen LogP contribution in [0.15, 0.2) is 24.3 Å². The summed E-state index contributed by atoms with van der Waals surface area (Å²) >= 11 is 0. The lowest BCUT2D eigenvalue weighted by Crippen LogP contribution is -1.97. The number of unbranched alkanes of at least 4 members (excludes halogenated alkanes) is 9. The van der Waals surface area contributed by atoms with Crippen LogP contribution in [0.3, 0.4) is 0 Å². The van der Waals surface area contributed by atoms with E-state index in [0.717, 1.165) is 24.3 Å². The third kappa shape index (κ3) is 9.59. The van der Waals surface area contributed by atoms with Crippen molar-refractivity contribution in [2.75, 3.05) is 6.61 Å². The van der Waals surface area contributed by atoms with E-state index >= 15 is 0 Å². The second kappa shape index (κ2) is 13.4. The zero-order valence-corrected chi connectivity index (χ0v) is 14.1. The molecular formula is C20H31O2. The average molecular weight is 303 g/mol. The maximum absolute atomic E-state index is 10.3. The molecule has 1 aromatic carbocycles. The van der Waals surface area contributed by atoms with Gasteiger partial charge >= 0.3 is 0 Å². The molecule has 1 rings (SSSR count). The largest absolute Gasteiger partial charge is 0.494 e. The number of hydrogen-bond donors (Lipinski definition) is 0. The minimum absolute atomic E-state index is 0.360. The summed E-state index contributed by atoms with van der Waals surface area (Å²) in [5.41, 5.74) is 0.987. The molecule has 0 saturated carbocycles. The van der Waals surface area contributed by atoms with Gasteiger partial charge in [-0.2, -0.15) is 0 Å². The van der Waals surface area contributed by atoms with E-state index < -0.39 is 0 Å². The van der Waals surface area contributed by atoms with Gasteiger partial charge in [-0.15, -0.1) is 0 Å². The minimum atomic E-state index is 0.360. The van der Waals surface area contributed by atoms with Gasteiger partial charge in [0.15, 0.2) is 0 Å². The highest BCUT2D eigenvalue weighted by molar-refractivity contribution is 5.55. The van der Waals surface area contributed by atoms with Crippen molar-refractivity contribution in [2.45, 2.75) is 77.6 Å². The Hall–Kier alpha value is -1.31. The highest BCUT2D eigenvalue weighted by atomic mass is 16.5. The van der Waals surface area contributed by atoms with Crippen LogP contribution in [0.5, 0.6) is 5.75 Å². The monoisotopic (exact) mass is 303 g/mol. The molecule has 0 aromatic heterocycles. The van der Waals surface area contributed by atoms with Gasteiger partial charge in [-0.1, -0.05) is 76.8 Å². The summed E-state index contributed by atoms with van der Waals surface area (Å²) in [6.07, 6.45) is 15.7. The summed E-state index contributed by atoms with van der Waals surface area (Å²) in [6, 6.07) is 7.73. The van der Waals surface area contributed by atoms with Crippen molar-refractivity contribution in [2.24, 2.45) is 0 Å². The predicted octanol–water partition coefficient (Wildman–Crippen LogP) is 5.64. The molecule has 123 valence electrons. The van der Waals surface area contributed by atoms with E-state index in [-0.39, 0.29) is 0 Å². The second-order valence-corrected chi connectivity index (χ2v) is 6.00. The SMILES string of the molecule is CCCCCCCCCCCCOc1ccc(C[C]=O)cc1. The summed E-state index contributed by atoms with van der Waals surface area (Å²) in [7, 11) is 0. The van der Waals surface area contributed by atoms with Gasteiger partial charge in [0.2, 0.25) is 6.29 Å². The van der Waals surface area contributed by atoms with E-state index in [1.54, 1.807) is 0 Å². The van der Waals surface area contributed by atoms with Crippen LogP contribution in [-0.2, 0) is 11.2 Å². The molecular weight excluding hydrogens is 272 g/mol. The first-order valence-corrected chi connectivity index (χ1v) is 8.93. The lowest BCUT2D eigenvalue weighted by atomic mass is 10.1. The normalized spacial score (nSPS) is 10.6. The Kier molecular flexibility index (Phi) is 11.4. The van der Waals surface area contributed by atoms with E-state index in [0.29, 0.717) is 6.42 Å². The molecule has 0 saturated heterocycles. The summed E-state index contributed by atoms with van der Waals surface area (Å²) < 4.78 is 5.71. The molecule has 2 heteroatoms. The first-order chi connectivity index (χ1) is 10.9. The standard InChI is InChI=1S/C20H31O2/c1-2-3-4-5-6-7-8-9-10-11-18-22-20-14-12-19(13-15-20)16-17-21/h12-15H,2-11,16,18H2,1H3. The Morgan fingerprint density at radius 1 is 0.818 bits per heavy atom. The topological polar surface area (TPSA) is 26.3 Å². The zero-order valence-electron chi connectivity index (χ0n) is 14.1. The van der Waals surface area contributed by atoms with Gasteiger partial charge in [0.1, 0.15) is 5.75 Å².